The summed E-state index contributed by atoms with van der Waals surface area (Å²) in [5.41, 5.74) is 0.775. The quantitative estimate of drug-likeness (QED) is 0.435. The maximum absolute atomic E-state index is 10.6. The lowest BCUT2D eigenvalue weighted by Gasteiger charge is -1.89. The first kappa shape index (κ1) is 12.0. The normalized spacial score (nSPS) is 8.15. The van der Waals surface area contributed by atoms with Gasteiger partial charge in [0.2, 0.25) is 0 Å². The molecule has 1 nitrogen and oxygen atoms in total. The second-order valence-electron chi connectivity index (χ2n) is 2.39. The highest BCUT2D eigenvalue weighted by molar-refractivity contribution is 7.80. The van der Waals surface area contributed by atoms with Crippen molar-refractivity contribution in [3.05, 3.63) is 48.6 Å². The third-order valence-corrected chi connectivity index (χ3v) is 1.57. The Balaban J connectivity index is 0.000000310. The van der Waals surface area contributed by atoms with E-state index in [-0.39, 0.29) is 5.78 Å². The Morgan fingerprint density at radius 1 is 1.46 bits per heavy atom. The van der Waals surface area contributed by atoms with E-state index in [1.165, 1.54) is 0 Å². The summed E-state index contributed by atoms with van der Waals surface area (Å²) in [4.78, 5) is 10.6. The minimum atomic E-state index is 0.121. The van der Waals surface area contributed by atoms with Gasteiger partial charge >= 0.3 is 0 Å². The summed E-state index contributed by atoms with van der Waals surface area (Å²) in [6.07, 6.45) is 1.74. The average Bonchev–Trinajstić information content (AvgIpc) is 2.19. The summed E-state index contributed by atoms with van der Waals surface area (Å²) in [5, 5.41) is 0. The number of ketones is 1. The van der Waals surface area contributed by atoms with E-state index < -0.39 is 0 Å². The van der Waals surface area contributed by atoms with Crippen molar-refractivity contribution in [1.82, 2.24) is 0 Å². The summed E-state index contributed by atoms with van der Waals surface area (Å²) in [7, 11) is 0. The molecule has 0 heterocycles. The van der Waals surface area contributed by atoms with Crippen molar-refractivity contribution in [3.63, 3.8) is 0 Å². The highest BCUT2D eigenvalue weighted by Crippen LogP contribution is 1.97. The topological polar surface area (TPSA) is 17.1 Å². The fraction of sp³-hybridized carbons (Fsp3) is 0.182. The zero-order valence-electron chi connectivity index (χ0n) is 7.73. The van der Waals surface area contributed by atoms with Gasteiger partial charge in [-0.1, -0.05) is 36.4 Å². The first-order valence-electron chi connectivity index (χ1n) is 4.00. The van der Waals surface area contributed by atoms with E-state index in [0.717, 1.165) is 11.3 Å². The van der Waals surface area contributed by atoms with Gasteiger partial charge in [-0.3, -0.25) is 4.79 Å². The minimum absolute atomic E-state index is 0.121. The van der Waals surface area contributed by atoms with Gasteiger partial charge in [-0.05, 0) is 6.92 Å². The number of hydrogen-bond acceptors (Lipinski definition) is 2. The molecule has 0 bridgehead atoms. The molecule has 13 heavy (non-hydrogen) atoms. The van der Waals surface area contributed by atoms with E-state index in [0.29, 0.717) is 0 Å². The molecule has 0 aliphatic rings. The van der Waals surface area contributed by atoms with Crippen molar-refractivity contribution in [2.24, 2.45) is 0 Å². The predicted octanol–water partition coefficient (Wildman–Crippen LogP) is 2.99. The number of benzene rings is 1. The predicted molar refractivity (Wildman–Crippen MR) is 60.5 cm³/mol. The van der Waals surface area contributed by atoms with Gasteiger partial charge in [0.1, 0.15) is 0 Å². The van der Waals surface area contributed by atoms with E-state index in [2.05, 4.69) is 19.2 Å². The Hall–Kier alpha value is -1.02. The van der Waals surface area contributed by atoms with Crippen molar-refractivity contribution in [3.8, 4) is 0 Å². The van der Waals surface area contributed by atoms with Gasteiger partial charge < -0.3 is 0 Å². The number of hydrogen-bond donors (Lipinski definition) is 1. The zero-order valence-corrected chi connectivity index (χ0v) is 8.63. The molecule has 1 aromatic rings. The first-order valence-corrected chi connectivity index (χ1v) is 4.63. The highest BCUT2D eigenvalue weighted by atomic mass is 32.1. The van der Waals surface area contributed by atoms with Gasteiger partial charge in [0, 0.05) is 11.3 Å². The van der Waals surface area contributed by atoms with E-state index in [9.17, 15) is 4.79 Å². The molecule has 0 N–H and O–H groups in total. The van der Waals surface area contributed by atoms with Crippen molar-refractivity contribution >= 4 is 18.4 Å². The fourth-order valence-electron chi connectivity index (χ4n) is 0.673. The molecule has 2 heteroatoms. The third-order valence-electron chi connectivity index (χ3n) is 1.31. The molecule has 0 saturated heterocycles. The molecular weight excluding hydrogens is 180 g/mol. The Morgan fingerprint density at radius 3 is 2.15 bits per heavy atom. The lowest BCUT2D eigenvalue weighted by molar-refractivity contribution is 0.101. The molecule has 0 amide bonds. The van der Waals surface area contributed by atoms with Crippen LogP contribution >= 0.6 is 12.6 Å². The molecule has 1 aromatic carbocycles. The second kappa shape index (κ2) is 7.62. The first-order chi connectivity index (χ1) is 6.22. The van der Waals surface area contributed by atoms with Gasteiger partial charge in [0.05, 0.1) is 0 Å². The molecule has 0 aromatic heterocycles. The maximum Gasteiger partial charge on any atom is 0.159 e. The molecule has 0 aliphatic heterocycles. The van der Waals surface area contributed by atoms with Gasteiger partial charge in [-0.15, -0.1) is 6.58 Å². The van der Waals surface area contributed by atoms with Crippen LogP contribution in [0.3, 0.4) is 0 Å². The smallest absolute Gasteiger partial charge is 0.159 e. The number of Topliss-reactive ketones (excluding diaryl/α,β-unsaturated/α-hetero) is 1. The molecule has 0 spiro atoms. The zero-order chi connectivity index (χ0) is 10.1. The van der Waals surface area contributed by atoms with Crippen LogP contribution in [0.15, 0.2) is 43.0 Å². The van der Waals surface area contributed by atoms with Gasteiger partial charge in [0.25, 0.3) is 0 Å². The van der Waals surface area contributed by atoms with Crippen molar-refractivity contribution < 1.29 is 4.79 Å². The molecule has 0 atom stereocenters. The number of thiol groups is 1. The number of rotatable bonds is 2. The highest BCUT2D eigenvalue weighted by Gasteiger charge is 1.92. The van der Waals surface area contributed by atoms with Crippen LogP contribution in [0.2, 0.25) is 0 Å². The van der Waals surface area contributed by atoms with E-state index in [1.807, 2.05) is 30.3 Å². The van der Waals surface area contributed by atoms with Crippen molar-refractivity contribution in [2.45, 2.75) is 6.92 Å². The Morgan fingerprint density at radius 2 is 1.92 bits per heavy atom. The molecule has 0 radical (unpaired) electrons. The van der Waals surface area contributed by atoms with Gasteiger partial charge in [-0.25, -0.2) is 0 Å². The number of carbonyl (C=O) groups is 1. The minimum Gasteiger partial charge on any atom is -0.295 e. The van der Waals surface area contributed by atoms with Crippen LogP contribution < -0.4 is 0 Å². The van der Waals surface area contributed by atoms with Crippen molar-refractivity contribution in [1.29, 1.82) is 0 Å². The lowest BCUT2D eigenvalue weighted by atomic mass is 10.2. The van der Waals surface area contributed by atoms with E-state index >= 15 is 0 Å². The summed E-state index contributed by atoms with van der Waals surface area (Å²) in [6, 6.07) is 9.23. The fourth-order valence-corrected chi connectivity index (χ4v) is 0.673. The average molecular weight is 194 g/mol. The summed E-state index contributed by atoms with van der Waals surface area (Å²) < 4.78 is 0. The summed E-state index contributed by atoms with van der Waals surface area (Å²) in [6.45, 7) is 4.97. The molecule has 1 rings (SSSR count). The maximum atomic E-state index is 10.6. The van der Waals surface area contributed by atoms with Gasteiger partial charge in [0.15, 0.2) is 5.78 Å². The standard InChI is InChI=1S/C8H8O.C3H6S/c1-7(9)8-5-3-2-4-6-8;1-2-3-4/h2-6H,1H3;2,4H,1,3H2. The van der Waals surface area contributed by atoms with E-state index in [4.69, 9.17) is 0 Å². The molecule has 0 aliphatic carbocycles. The Labute approximate surface area is 84.9 Å². The van der Waals surface area contributed by atoms with E-state index in [1.54, 1.807) is 13.0 Å². The third kappa shape index (κ3) is 6.17. The lowest BCUT2D eigenvalue weighted by Crippen LogP contribution is -1.88. The molecule has 0 saturated carbocycles. The monoisotopic (exact) mass is 194 g/mol. The van der Waals surface area contributed by atoms with Crippen LogP contribution in [0.1, 0.15) is 17.3 Å². The largest absolute Gasteiger partial charge is 0.295 e. The summed E-state index contributed by atoms with van der Waals surface area (Å²) in [5.74, 6) is 0.899. The van der Waals surface area contributed by atoms with Crippen LogP contribution in [0.25, 0.3) is 0 Å². The van der Waals surface area contributed by atoms with Crippen LogP contribution in [0.4, 0.5) is 0 Å². The summed E-state index contributed by atoms with van der Waals surface area (Å²) >= 11 is 3.80. The van der Waals surface area contributed by atoms with Crippen LogP contribution in [-0.2, 0) is 0 Å². The van der Waals surface area contributed by atoms with Crippen LogP contribution in [0, 0.1) is 0 Å². The van der Waals surface area contributed by atoms with Gasteiger partial charge in [-0.2, -0.15) is 12.6 Å². The number of carbonyl (C=O) groups excluding carboxylic acids is 1. The molecule has 0 unspecified atom stereocenters. The van der Waals surface area contributed by atoms with Crippen LogP contribution in [-0.4, -0.2) is 11.5 Å². The SMILES string of the molecule is C=CCS.CC(=O)c1ccccc1. The molecule has 0 fully saturated rings. The molecule has 70 valence electrons. The Bertz CT molecular complexity index is 254. The Kier molecular flexibility index (Phi) is 7.02. The van der Waals surface area contributed by atoms with Crippen molar-refractivity contribution in [2.75, 3.05) is 5.75 Å². The van der Waals surface area contributed by atoms with Crippen LogP contribution in [0.5, 0.6) is 0 Å². The second-order valence-corrected chi connectivity index (χ2v) is 2.76. The molecular formula is C11H14OS.